The van der Waals surface area contributed by atoms with Crippen LogP contribution in [0.15, 0.2) is 42.7 Å². The normalized spacial score (nSPS) is 20.9. The van der Waals surface area contributed by atoms with Gasteiger partial charge in [-0.2, -0.15) is 0 Å². The number of benzene rings is 1. The topological polar surface area (TPSA) is 65.5 Å². The number of fused-ring (bicyclic) bond motifs is 1. The number of amides is 2. The van der Waals surface area contributed by atoms with E-state index in [4.69, 9.17) is 0 Å². The number of nitrogens with one attached hydrogen (secondary N) is 1. The molecule has 0 bridgehead atoms. The predicted molar refractivity (Wildman–Crippen MR) is 138 cm³/mol. The number of likely N-dealkylation sites (tertiary alicyclic amines) is 1. The highest BCUT2D eigenvalue weighted by Crippen LogP contribution is 2.42. The molecule has 2 aliphatic heterocycles. The monoisotopic (exact) mass is 474 g/mol. The van der Waals surface area contributed by atoms with Gasteiger partial charge < -0.3 is 15.1 Å². The van der Waals surface area contributed by atoms with E-state index in [9.17, 15) is 9.59 Å². The number of hydrogen-bond acceptors (Lipinski definition) is 4. The highest BCUT2D eigenvalue weighted by atomic mass is 16.2. The molecule has 1 aromatic heterocycles. The summed E-state index contributed by atoms with van der Waals surface area (Å²) in [6.45, 7) is 7.88. The van der Waals surface area contributed by atoms with Gasteiger partial charge in [-0.3, -0.25) is 14.6 Å². The second-order valence-electron chi connectivity index (χ2n) is 10.7. The Bertz CT molecular complexity index is 1060. The first-order valence-electron chi connectivity index (χ1n) is 13.4. The fraction of sp³-hybridized carbons (Fsp3) is 0.552. The van der Waals surface area contributed by atoms with Gasteiger partial charge in [0.15, 0.2) is 0 Å². The molecule has 2 aromatic rings. The molecule has 1 aliphatic carbocycles. The predicted octanol–water partition coefficient (Wildman–Crippen LogP) is 4.75. The fourth-order valence-corrected chi connectivity index (χ4v) is 6.33. The summed E-state index contributed by atoms with van der Waals surface area (Å²) in [5.74, 6) is 0.344. The Labute approximate surface area is 209 Å². The molecule has 186 valence electrons. The number of anilines is 1. The van der Waals surface area contributed by atoms with Crippen molar-refractivity contribution in [1.29, 1.82) is 0 Å². The summed E-state index contributed by atoms with van der Waals surface area (Å²) in [6, 6.07) is 10.3. The third kappa shape index (κ3) is 4.80. The lowest BCUT2D eigenvalue weighted by atomic mass is 9.77. The van der Waals surface area contributed by atoms with Gasteiger partial charge in [0.25, 0.3) is 5.91 Å². The summed E-state index contributed by atoms with van der Waals surface area (Å²) in [6.07, 6.45) is 10.6. The molecule has 35 heavy (non-hydrogen) atoms. The van der Waals surface area contributed by atoms with Gasteiger partial charge in [-0.25, -0.2) is 0 Å². The molecule has 3 aliphatic rings. The number of aromatic nitrogens is 1. The van der Waals surface area contributed by atoms with Crippen molar-refractivity contribution in [2.24, 2.45) is 11.3 Å². The first kappa shape index (κ1) is 23.8. The van der Waals surface area contributed by atoms with E-state index in [1.165, 1.54) is 11.3 Å². The number of pyridine rings is 1. The highest BCUT2D eigenvalue weighted by molar-refractivity contribution is 5.95. The van der Waals surface area contributed by atoms with Crippen LogP contribution in [0, 0.1) is 11.3 Å². The SMILES string of the molecule is CCC(CC)C(=O)NC1CCc2ccc(C(=O)N3CCC4(CCN(c5ccncc5)CC4)C3)cc21. The van der Waals surface area contributed by atoms with Crippen LogP contribution >= 0.6 is 0 Å². The third-order valence-electron chi connectivity index (χ3n) is 8.72. The molecule has 1 N–H and O–H groups in total. The smallest absolute Gasteiger partial charge is 0.253 e. The molecule has 0 saturated carbocycles. The minimum Gasteiger partial charge on any atom is -0.371 e. The largest absolute Gasteiger partial charge is 0.371 e. The lowest BCUT2D eigenvalue weighted by molar-refractivity contribution is -0.126. The molecule has 2 fully saturated rings. The van der Waals surface area contributed by atoms with Gasteiger partial charge in [-0.05, 0) is 85.8 Å². The zero-order valence-electron chi connectivity index (χ0n) is 21.1. The molecule has 2 saturated heterocycles. The maximum atomic E-state index is 13.5. The number of piperidine rings is 1. The van der Waals surface area contributed by atoms with Gasteiger partial charge >= 0.3 is 0 Å². The number of rotatable bonds is 6. The van der Waals surface area contributed by atoms with Crippen molar-refractivity contribution in [2.45, 2.75) is 64.8 Å². The van der Waals surface area contributed by atoms with E-state index in [0.717, 1.165) is 82.3 Å². The molecule has 6 nitrogen and oxygen atoms in total. The summed E-state index contributed by atoms with van der Waals surface area (Å²) in [7, 11) is 0. The van der Waals surface area contributed by atoms with Crippen LogP contribution in [0.1, 0.15) is 79.9 Å². The van der Waals surface area contributed by atoms with E-state index in [1.54, 1.807) is 0 Å². The van der Waals surface area contributed by atoms with Crippen molar-refractivity contribution in [3.8, 4) is 0 Å². The lowest BCUT2D eigenvalue weighted by Gasteiger charge is -2.40. The highest BCUT2D eigenvalue weighted by Gasteiger charge is 2.42. The number of carbonyl (C=O) groups is 2. The number of carbonyl (C=O) groups excluding carboxylic acids is 2. The molecule has 0 radical (unpaired) electrons. The van der Waals surface area contributed by atoms with Gasteiger partial charge in [-0.1, -0.05) is 19.9 Å². The third-order valence-corrected chi connectivity index (χ3v) is 8.72. The second-order valence-corrected chi connectivity index (χ2v) is 10.7. The molecule has 6 heteroatoms. The molecular formula is C29H38N4O2. The number of nitrogens with zero attached hydrogens (tertiary/aromatic N) is 3. The van der Waals surface area contributed by atoms with Crippen LogP contribution in [0.25, 0.3) is 0 Å². The van der Waals surface area contributed by atoms with Gasteiger partial charge in [0.2, 0.25) is 5.91 Å². The van der Waals surface area contributed by atoms with Crippen LogP contribution in [0.2, 0.25) is 0 Å². The van der Waals surface area contributed by atoms with Crippen molar-refractivity contribution < 1.29 is 9.59 Å². The first-order chi connectivity index (χ1) is 17.0. The maximum absolute atomic E-state index is 13.5. The van der Waals surface area contributed by atoms with Gasteiger partial charge in [-0.15, -0.1) is 0 Å². The van der Waals surface area contributed by atoms with Crippen LogP contribution < -0.4 is 10.2 Å². The molecule has 1 unspecified atom stereocenters. The molecule has 1 atom stereocenters. The van der Waals surface area contributed by atoms with E-state index in [2.05, 4.69) is 58.2 Å². The van der Waals surface area contributed by atoms with E-state index in [0.29, 0.717) is 0 Å². The summed E-state index contributed by atoms with van der Waals surface area (Å²) < 4.78 is 0. The summed E-state index contributed by atoms with van der Waals surface area (Å²) in [4.78, 5) is 34.8. The zero-order chi connectivity index (χ0) is 24.4. The number of hydrogen-bond donors (Lipinski definition) is 1. The quantitative estimate of drug-likeness (QED) is 0.656. The van der Waals surface area contributed by atoms with E-state index < -0.39 is 0 Å². The van der Waals surface area contributed by atoms with Gasteiger partial charge in [0.05, 0.1) is 6.04 Å². The number of aryl methyl sites for hydroxylation is 1. The molecule has 3 heterocycles. The molecular weight excluding hydrogens is 436 g/mol. The first-order valence-corrected chi connectivity index (χ1v) is 13.4. The summed E-state index contributed by atoms with van der Waals surface area (Å²) in [5.41, 5.74) is 4.64. The zero-order valence-corrected chi connectivity index (χ0v) is 21.1. The minimum absolute atomic E-state index is 0.0216. The van der Waals surface area contributed by atoms with Crippen molar-refractivity contribution in [1.82, 2.24) is 15.2 Å². The minimum atomic E-state index is 0.0216. The van der Waals surface area contributed by atoms with Crippen molar-refractivity contribution in [2.75, 3.05) is 31.1 Å². The van der Waals surface area contributed by atoms with Crippen LogP contribution in [-0.2, 0) is 11.2 Å². The Morgan fingerprint density at radius 3 is 2.49 bits per heavy atom. The second kappa shape index (κ2) is 10.00. The van der Waals surface area contributed by atoms with Crippen molar-refractivity contribution in [3.05, 3.63) is 59.4 Å². The Balaban J connectivity index is 1.23. The fourth-order valence-electron chi connectivity index (χ4n) is 6.33. The molecule has 2 amide bonds. The standard InChI is InChI=1S/C29H38N4O2/c1-3-21(4-2)27(34)31-26-8-7-22-5-6-23(19-25(22)26)28(35)33-18-13-29(20-33)11-16-32(17-12-29)24-9-14-30-15-10-24/h5-6,9-10,14-15,19,21,26H,3-4,7-8,11-13,16-18,20H2,1-2H3,(H,31,34). The Morgan fingerprint density at radius 2 is 1.77 bits per heavy atom. The Hall–Kier alpha value is -2.89. The summed E-state index contributed by atoms with van der Waals surface area (Å²) in [5, 5.41) is 3.26. The van der Waals surface area contributed by atoms with Crippen LogP contribution in [0.4, 0.5) is 5.69 Å². The van der Waals surface area contributed by atoms with Crippen LogP contribution in [0.3, 0.4) is 0 Å². The Morgan fingerprint density at radius 1 is 1.06 bits per heavy atom. The molecule has 1 spiro atoms. The van der Waals surface area contributed by atoms with Crippen molar-refractivity contribution in [3.63, 3.8) is 0 Å². The van der Waals surface area contributed by atoms with Crippen LogP contribution in [0.5, 0.6) is 0 Å². The average Bonchev–Trinajstić information content (AvgIpc) is 3.49. The van der Waals surface area contributed by atoms with Crippen molar-refractivity contribution >= 4 is 17.5 Å². The van der Waals surface area contributed by atoms with Gasteiger partial charge in [0, 0.05) is 55.7 Å². The Kier molecular flexibility index (Phi) is 6.81. The molecule has 5 rings (SSSR count). The van der Waals surface area contributed by atoms with Crippen LogP contribution in [-0.4, -0.2) is 47.9 Å². The summed E-state index contributed by atoms with van der Waals surface area (Å²) >= 11 is 0. The van der Waals surface area contributed by atoms with E-state index >= 15 is 0 Å². The average molecular weight is 475 g/mol. The lowest BCUT2D eigenvalue weighted by Crippen LogP contribution is -2.42. The van der Waals surface area contributed by atoms with E-state index in [1.807, 2.05) is 18.5 Å². The maximum Gasteiger partial charge on any atom is 0.253 e. The molecule has 1 aromatic carbocycles. The van der Waals surface area contributed by atoms with Gasteiger partial charge in [0.1, 0.15) is 0 Å². The van der Waals surface area contributed by atoms with E-state index in [-0.39, 0.29) is 29.2 Å².